The quantitative estimate of drug-likeness (QED) is 0.0200. The van der Waals surface area contributed by atoms with Crippen LogP contribution in [0.15, 0.2) is 146 Å². The second kappa shape index (κ2) is 52.9. The Balaban J connectivity index is 1.40. The molecule has 0 aliphatic carbocycles. The summed E-state index contributed by atoms with van der Waals surface area (Å²) in [6.45, 7) is 1.51. The molecule has 3 aliphatic heterocycles. The zero-order valence-electron chi connectivity index (χ0n) is 55.0. The molecule has 522 valence electrons. The lowest BCUT2D eigenvalue weighted by Crippen LogP contribution is -2.66. The number of hydrogen-bond acceptors (Lipinski definition) is 18. The van der Waals surface area contributed by atoms with Crippen LogP contribution < -0.4 is 5.32 Å². The summed E-state index contributed by atoms with van der Waals surface area (Å²) in [5.41, 5.74) is 0. The molecule has 3 saturated heterocycles. The van der Waals surface area contributed by atoms with Gasteiger partial charge in [0, 0.05) is 6.42 Å². The molecule has 0 radical (unpaired) electrons. The molecular weight excluding hydrogens is 1180 g/mol. The van der Waals surface area contributed by atoms with E-state index in [0.29, 0.717) is 12.8 Å². The zero-order valence-corrected chi connectivity index (χ0v) is 55.0. The molecule has 19 nitrogen and oxygen atoms in total. The topological polar surface area (TPSA) is 307 Å². The summed E-state index contributed by atoms with van der Waals surface area (Å²) in [4.78, 5) is 13.4. The van der Waals surface area contributed by atoms with Crippen molar-refractivity contribution in [2.24, 2.45) is 0 Å². The molecule has 0 spiro atoms. The van der Waals surface area contributed by atoms with E-state index in [4.69, 9.17) is 28.4 Å². The second-order valence-electron chi connectivity index (χ2n) is 23.5. The molecule has 3 rings (SSSR count). The van der Waals surface area contributed by atoms with E-state index in [0.717, 1.165) is 109 Å². The van der Waals surface area contributed by atoms with Gasteiger partial charge in [-0.3, -0.25) is 4.79 Å². The molecule has 1 amide bonds. The molecule has 0 bridgehead atoms. The summed E-state index contributed by atoms with van der Waals surface area (Å²) in [7, 11) is 0. The number of rotatable bonds is 49. The highest BCUT2D eigenvalue weighted by atomic mass is 16.8. The third-order valence-corrected chi connectivity index (χ3v) is 15.9. The lowest BCUT2D eigenvalue weighted by molar-refractivity contribution is -0.379. The smallest absolute Gasteiger partial charge is 0.220 e. The molecule has 92 heavy (non-hydrogen) atoms. The van der Waals surface area contributed by atoms with Crippen LogP contribution in [0.3, 0.4) is 0 Å². The first-order chi connectivity index (χ1) is 44.8. The van der Waals surface area contributed by atoms with Crippen LogP contribution in [0.4, 0.5) is 0 Å². The summed E-state index contributed by atoms with van der Waals surface area (Å²) in [5, 5.41) is 120. The molecule has 0 aromatic carbocycles. The van der Waals surface area contributed by atoms with Crippen LogP contribution in [-0.4, -0.2) is 193 Å². The van der Waals surface area contributed by atoms with E-state index in [1.54, 1.807) is 6.08 Å². The Morgan fingerprint density at radius 2 is 0.761 bits per heavy atom. The minimum Gasteiger partial charge on any atom is -0.394 e. The largest absolute Gasteiger partial charge is 0.394 e. The Hall–Kier alpha value is -4.33. The molecule has 0 aromatic rings. The highest BCUT2D eigenvalue weighted by Crippen LogP contribution is 2.33. The Kier molecular flexibility index (Phi) is 47.1. The maximum atomic E-state index is 13.4. The molecule has 3 fully saturated rings. The summed E-state index contributed by atoms with van der Waals surface area (Å²) in [5.74, 6) is -0.319. The first-order valence-electron chi connectivity index (χ1n) is 34.1. The predicted molar refractivity (Wildman–Crippen MR) is 359 cm³/mol. The maximum Gasteiger partial charge on any atom is 0.220 e. The van der Waals surface area contributed by atoms with Crippen molar-refractivity contribution in [2.45, 2.75) is 279 Å². The molecule has 19 heteroatoms. The van der Waals surface area contributed by atoms with Gasteiger partial charge in [0.2, 0.25) is 5.91 Å². The van der Waals surface area contributed by atoms with Crippen LogP contribution in [0, 0.1) is 0 Å². The van der Waals surface area contributed by atoms with Gasteiger partial charge in [-0.25, -0.2) is 0 Å². The fourth-order valence-electron chi connectivity index (χ4n) is 10.3. The van der Waals surface area contributed by atoms with E-state index < -0.39 is 124 Å². The normalized spacial score (nSPS) is 28.6. The Labute approximate surface area is 549 Å². The van der Waals surface area contributed by atoms with E-state index in [2.05, 4.69) is 153 Å². The maximum absolute atomic E-state index is 13.4. The minimum atomic E-state index is -1.99. The number of allylic oxidation sites excluding steroid dienone is 23. The third-order valence-electron chi connectivity index (χ3n) is 15.9. The van der Waals surface area contributed by atoms with Gasteiger partial charge in [-0.05, 0) is 109 Å². The van der Waals surface area contributed by atoms with Crippen LogP contribution in [-0.2, 0) is 33.2 Å². The van der Waals surface area contributed by atoms with E-state index in [1.165, 1.54) is 32.1 Å². The van der Waals surface area contributed by atoms with Gasteiger partial charge in [0.15, 0.2) is 18.9 Å². The highest BCUT2D eigenvalue weighted by molar-refractivity contribution is 5.76. The summed E-state index contributed by atoms with van der Waals surface area (Å²) in [6.07, 6.45) is 48.4. The van der Waals surface area contributed by atoms with Gasteiger partial charge in [-0.2, -0.15) is 0 Å². The van der Waals surface area contributed by atoms with Gasteiger partial charge < -0.3 is 89.9 Å². The number of aliphatic hydroxyl groups is 11. The summed E-state index contributed by atoms with van der Waals surface area (Å²) in [6, 6.07) is -1.01. The van der Waals surface area contributed by atoms with Crippen LogP contribution in [0.5, 0.6) is 0 Å². The minimum absolute atomic E-state index is 0.195. The average molecular weight is 1300 g/mol. The highest BCUT2D eigenvalue weighted by Gasteiger charge is 2.53. The molecule has 17 atom stereocenters. The fraction of sp³-hybridized carbons (Fsp3) is 0.658. The number of nitrogens with one attached hydrogen (secondary N) is 1. The molecule has 12 N–H and O–H groups in total. The molecule has 0 aromatic heterocycles. The Morgan fingerprint density at radius 1 is 0.402 bits per heavy atom. The van der Waals surface area contributed by atoms with Crippen molar-refractivity contribution in [3.63, 3.8) is 0 Å². The number of amides is 1. The standard InChI is InChI=1S/C73H117NO18/c1-3-5-7-9-11-13-15-17-18-19-20-21-22-23-24-25-26-27-28-29-30-31-32-33-34-35-36-37-38-39-41-43-45-47-49-51-61(79)74-56(57(78)50-48-46-44-42-40-16-14-12-10-8-6-4-2)55-87-71-67(85)64(82)69(59(53-76)89-71)92-73-68(86)65(83)70(60(54-77)90-73)91-72-66(84)63(81)62(80)58(52-75)88-72/h5,7,11,13,17-18,20-21,23-24,26-27,29-30,32-33,35-36,38-40,42,48,50,56-60,62-73,75-78,80-86H,3-4,6,8-10,12,14-16,19,22,25,28,31,34,37,41,43-47,49,51-55H2,1-2H3,(H,74,79)/b7-5-,13-11-,18-17-,21-20-,24-23-,27-26-,30-29-,33-32-,36-35-,39-38-,42-40+,50-48+. The lowest BCUT2D eigenvalue weighted by Gasteiger charge is -2.48. The second-order valence-corrected chi connectivity index (χ2v) is 23.5. The molecule has 3 heterocycles. The summed E-state index contributed by atoms with van der Waals surface area (Å²) >= 11 is 0. The first kappa shape index (κ1) is 81.9. The van der Waals surface area contributed by atoms with Crippen LogP contribution >= 0.6 is 0 Å². The lowest BCUT2D eigenvalue weighted by atomic mass is 9.96. The number of carbonyl (C=O) groups excluding carboxylic acids is 1. The van der Waals surface area contributed by atoms with Crippen molar-refractivity contribution in [3.8, 4) is 0 Å². The van der Waals surface area contributed by atoms with Crippen LogP contribution in [0.2, 0.25) is 0 Å². The Bertz CT molecular complexity index is 2240. The van der Waals surface area contributed by atoms with Gasteiger partial charge in [0.1, 0.15) is 73.2 Å². The SMILES string of the molecule is CC/C=C\C/C=C\C/C=C\C/C=C\C/C=C\C/C=C\C/C=C\C/C=C\C/C=C\C/C=C\CCCCCCC(=O)NC(COC1OC(CO)C(OC2OC(CO)C(OC3OC(CO)C(O)C(O)C3O)C(O)C2O)C(O)C1O)C(O)/C=C/CC/C=C/CCCCCCCC. The number of ether oxygens (including phenoxy) is 6. The predicted octanol–water partition coefficient (Wildman–Crippen LogP) is 8.76. The average Bonchev–Trinajstić information content (AvgIpc) is 0.830. The van der Waals surface area contributed by atoms with Crippen LogP contribution in [0.25, 0.3) is 0 Å². The van der Waals surface area contributed by atoms with Crippen molar-refractivity contribution >= 4 is 5.91 Å². The monoisotopic (exact) mass is 1300 g/mol. The fourth-order valence-corrected chi connectivity index (χ4v) is 10.3. The van der Waals surface area contributed by atoms with Crippen molar-refractivity contribution in [1.82, 2.24) is 5.32 Å². The number of unbranched alkanes of at least 4 members (excludes halogenated alkanes) is 11. The van der Waals surface area contributed by atoms with E-state index in [1.807, 2.05) is 6.08 Å². The number of carbonyl (C=O) groups is 1. The molecule has 17 unspecified atom stereocenters. The van der Waals surface area contributed by atoms with Crippen molar-refractivity contribution < 1.29 is 89.4 Å². The van der Waals surface area contributed by atoms with Gasteiger partial charge >= 0.3 is 0 Å². The van der Waals surface area contributed by atoms with Gasteiger partial charge in [-0.15, -0.1) is 0 Å². The van der Waals surface area contributed by atoms with Crippen molar-refractivity contribution in [3.05, 3.63) is 146 Å². The number of hydrogen-bond donors (Lipinski definition) is 12. The number of aliphatic hydroxyl groups excluding tert-OH is 11. The Morgan fingerprint density at radius 3 is 1.22 bits per heavy atom. The molecule has 0 saturated carbocycles. The van der Waals surface area contributed by atoms with Crippen LogP contribution in [0.1, 0.15) is 174 Å². The van der Waals surface area contributed by atoms with Gasteiger partial charge in [0.05, 0.1) is 38.6 Å². The molecular formula is C73H117NO18. The molecule has 3 aliphatic rings. The van der Waals surface area contributed by atoms with Crippen molar-refractivity contribution in [1.29, 1.82) is 0 Å². The van der Waals surface area contributed by atoms with Crippen molar-refractivity contribution in [2.75, 3.05) is 26.4 Å². The van der Waals surface area contributed by atoms with Gasteiger partial charge in [0.25, 0.3) is 0 Å². The first-order valence-corrected chi connectivity index (χ1v) is 34.1. The van der Waals surface area contributed by atoms with E-state index >= 15 is 0 Å². The summed E-state index contributed by atoms with van der Waals surface area (Å²) < 4.78 is 34.2. The zero-order chi connectivity index (χ0) is 66.8. The van der Waals surface area contributed by atoms with E-state index in [9.17, 15) is 61.0 Å². The van der Waals surface area contributed by atoms with Gasteiger partial charge in [-0.1, -0.05) is 205 Å². The third kappa shape index (κ3) is 34.4. The van der Waals surface area contributed by atoms with E-state index in [-0.39, 0.29) is 18.9 Å².